The van der Waals surface area contributed by atoms with Crippen LogP contribution in [-0.4, -0.2) is 172 Å². The molecule has 1 aromatic rings. The van der Waals surface area contributed by atoms with Gasteiger partial charge in [0.1, 0.15) is 48.0 Å². The van der Waals surface area contributed by atoms with E-state index in [0.717, 1.165) is 20.8 Å². The molecule has 30 nitrogen and oxygen atoms in total. The van der Waals surface area contributed by atoms with Crippen LogP contribution in [-0.2, 0) is 54.4 Å². The zero-order valence-corrected chi connectivity index (χ0v) is 42.0. The van der Waals surface area contributed by atoms with Gasteiger partial charge in [-0.05, 0) is 82.9 Å². The number of aliphatic carboxylic acids is 1. The largest absolute Gasteiger partial charge is 0.508 e. The molecule has 414 valence electrons. The predicted molar refractivity (Wildman–Crippen MR) is 266 cm³/mol. The monoisotopic (exact) mass is 1050 g/mol. The van der Waals surface area contributed by atoms with Gasteiger partial charge in [-0.3, -0.25) is 53.1 Å². The summed E-state index contributed by atoms with van der Waals surface area (Å²) in [5.41, 5.74) is 33.4. The summed E-state index contributed by atoms with van der Waals surface area (Å²) in [4.78, 5) is 138. The van der Waals surface area contributed by atoms with E-state index in [0.29, 0.717) is 5.56 Å². The minimum Gasteiger partial charge on any atom is -0.508 e. The number of benzene rings is 1. The van der Waals surface area contributed by atoms with Crippen molar-refractivity contribution in [1.82, 2.24) is 42.5 Å². The molecule has 0 aliphatic heterocycles. The lowest BCUT2D eigenvalue weighted by atomic mass is 10.0. The van der Waals surface area contributed by atoms with Gasteiger partial charge in [0.2, 0.25) is 53.2 Å². The molecule has 24 N–H and O–H groups in total. The second-order valence-electron chi connectivity index (χ2n) is 17.7. The maximum atomic E-state index is 13.7. The SMILES string of the molecule is CC(C)C[C@H](NC(=O)[C@@H](N)Cc1ccc(O)cc1)C(=O)N[C@@H](CC(N)=O)C(=O)NCC(=O)N[C@@H](CCCN=C(N)N)C(=O)N[C@H](C(=O)N[C@@H](C)C(=O)N[C@H](C(=O)N[C@@H](CCCN=C(N)N)C(=O)O)[C@@H](C)O)[C@@H](C)O. The maximum Gasteiger partial charge on any atom is 0.326 e. The molecule has 0 fully saturated rings. The van der Waals surface area contributed by atoms with Crippen molar-refractivity contribution in [1.29, 1.82) is 0 Å². The summed E-state index contributed by atoms with van der Waals surface area (Å²) in [7, 11) is 0. The second kappa shape index (κ2) is 32.3. The van der Waals surface area contributed by atoms with Gasteiger partial charge in [0, 0.05) is 13.1 Å². The lowest BCUT2D eigenvalue weighted by molar-refractivity contribution is -0.143. The molecule has 1 aromatic carbocycles. The highest BCUT2D eigenvalue weighted by atomic mass is 16.4. The predicted octanol–water partition coefficient (Wildman–Crippen LogP) is -7.33. The van der Waals surface area contributed by atoms with Gasteiger partial charge in [0.05, 0.1) is 31.2 Å². The van der Waals surface area contributed by atoms with Crippen molar-refractivity contribution in [3.8, 4) is 5.75 Å². The fraction of sp³-hybridized carbons (Fsp3) is 0.591. The number of hydrogen-bond acceptors (Lipinski definition) is 16. The van der Waals surface area contributed by atoms with Crippen molar-refractivity contribution in [2.24, 2.45) is 50.3 Å². The Kier molecular flexibility index (Phi) is 28.0. The van der Waals surface area contributed by atoms with E-state index in [1.165, 1.54) is 12.1 Å². The highest BCUT2D eigenvalue weighted by Crippen LogP contribution is 2.12. The third-order valence-corrected chi connectivity index (χ3v) is 10.6. The number of aliphatic hydroxyl groups is 2. The number of nitrogens with zero attached hydrogens (tertiary/aromatic N) is 2. The van der Waals surface area contributed by atoms with E-state index in [4.69, 9.17) is 34.4 Å². The molecule has 0 aliphatic rings. The van der Waals surface area contributed by atoms with Crippen LogP contribution >= 0.6 is 0 Å². The molecule has 0 unspecified atom stereocenters. The van der Waals surface area contributed by atoms with Gasteiger partial charge >= 0.3 is 5.97 Å². The van der Waals surface area contributed by atoms with Crippen LogP contribution in [0.25, 0.3) is 0 Å². The Morgan fingerprint density at radius 1 is 0.568 bits per heavy atom. The van der Waals surface area contributed by atoms with Crippen molar-refractivity contribution >= 4 is 71.1 Å². The first-order chi connectivity index (χ1) is 34.5. The number of phenols is 1. The molecule has 9 amide bonds. The molecule has 0 aliphatic carbocycles. The summed E-state index contributed by atoms with van der Waals surface area (Å²) in [6, 6.07) is -6.04. The number of nitrogens with two attached hydrogens (primary N) is 6. The number of phenolic OH excluding ortho intramolecular Hbond substituents is 1. The van der Waals surface area contributed by atoms with E-state index in [-0.39, 0.29) is 75.2 Å². The third-order valence-electron chi connectivity index (χ3n) is 10.6. The van der Waals surface area contributed by atoms with Crippen LogP contribution in [0.1, 0.15) is 78.7 Å². The van der Waals surface area contributed by atoms with E-state index in [1.807, 2.05) is 0 Å². The second-order valence-corrected chi connectivity index (χ2v) is 17.7. The van der Waals surface area contributed by atoms with Crippen molar-refractivity contribution in [2.75, 3.05) is 19.6 Å². The number of amides is 9. The molecule has 0 spiro atoms. The Bertz CT molecular complexity index is 2150. The molecule has 0 bridgehead atoms. The molecule has 30 heteroatoms. The summed E-state index contributed by atoms with van der Waals surface area (Å²) >= 11 is 0. The number of carboxylic acids is 1. The number of aliphatic imine (C=N–C) groups is 2. The number of carboxylic acid groups (broad SMARTS) is 1. The minimum atomic E-state index is -1.79. The first-order valence-electron chi connectivity index (χ1n) is 23.4. The van der Waals surface area contributed by atoms with Crippen LogP contribution < -0.4 is 76.9 Å². The summed E-state index contributed by atoms with van der Waals surface area (Å²) < 4.78 is 0. The molecule has 0 saturated carbocycles. The van der Waals surface area contributed by atoms with E-state index in [1.54, 1.807) is 26.0 Å². The van der Waals surface area contributed by atoms with Crippen molar-refractivity contribution in [3.05, 3.63) is 29.8 Å². The molecule has 10 atom stereocenters. The molecular formula is C44H74N16O14. The topological polar surface area (TPSA) is 529 Å². The summed E-state index contributed by atoms with van der Waals surface area (Å²) in [6.45, 7) is 6.11. The highest BCUT2D eigenvalue weighted by Gasteiger charge is 2.35. The number of primary amides is 1. The summed E-state index contributed by atoms with van der Waals surface area (Å²) in [5, 5.41) is 58.6. The maximum absolute atomic E-state index is 13.7. The molecular weight excluding hydrogens is 977 g/mol. The fourth-order valence-electron chi connectivity index (χ4n) is 6.69. The van der Waals surface area contributed by atoms with Gasteiger partial charge in [-0.1, -0.05) is 26.0 Å². The number of carbonyl (C=O) groups is 10. The van der Waals surface area contributed by atoms with Gasteiger partial charge in [0.25, 0.3) is 0 Å². The zero-order valence-electron chi connectivity index (χ0n) is 42.0. The van der Waals surface area contributed by atoms with E-state index < -0.39 is 133 Å². The van der Waals surface area contributed by atoms with Crippen LogP contribution in [0.3, 0.4) is 0 Å². The number of aliphatic hydroxyl groups excluding tert-OH is 2. The minimum absolute atomic E-state index is 0.00722. The molecule has 0 heterocycles. The Labute approximate surface area is 426 Å². The van der Waals surface area contributed by atoms with Gasteiger partial charge in [-0.25, -0.2) is 4.79 Å². The molecule has 1 rings (SSSR count). The quantitative estimate of drug-likeness (QED) is 0.0177. The summed E-state index contributed by atoms with van der Waals surface area (Å²) in [5.74, 6) is -11.1. The highest BCUT2D eigenvalue weighted by molar-refractivity contribution is 5.98. The number of carbonyl (C=O) groups excluding carboxylic acids is 9. The number of rotatable bonds is 33. The van der Waals surface area contributed by atoms with E-state index in [2.05, 4.69) is 52.5 Å². The van der Waals surface area contributed by atoms with Gasteiger partial charge in [-0.15, -0.1) is 0 Å². The standard InChI is InChI=1S/C44H74N16O14/c1-20(2)16-29(57-36(67)26(45)17-24-10-12-25(63)13-11-24)39(70)58-30(18-31(46)64)37(68)53-19-32(65)55-27(8-6-14-51-43(47)48)38(69)60-33(22(4)61)40(71)54-21(3)35(66)59-34(23(5)62)41(72)56-28(42(73)74)9-7-15-52-44(49)50/h10-13,20-23,26-30,33-34,61-63H,6-9,14-19,45H2,1-5H3,(H2,46,64)(H,53,68)(H,54,71)(H,55,65)(H,56,72)(H,57,67)(H,58,70)(H,59,66)(H,60,69)(H,73,74)(H4,47,48,51)(H4,49,50,52)/t21-,22+,23+,26-,27-,28-,29-,30-,33-,34-/m0/s1. The Hall–Kier alpha value is -7.86. The molecule has 0 radical (unpaired) electrons. The third kappa shape index (κ3) is 25.0. The summed E-state index contributed by atoms with van der Waals surface area (Å²) in [6.07, 6.45) is -3.96. The number of guanidine groups is 2. The number of hydrogen-bond donors (Lipinski definition) is 18. The van der Waals surface area contributed by atoms with Crippen LogP contribution in [0.15, 0.2) is 34.3 Å². The Morgan fingerprint density at radius 2 is 1.04 bits per heavy atom. The number of nitrogens with one attached hydrogen (secondary N) is 8. The first kappa shape index (κ1) is 64.2. The molecule has 0 saturated heterocycles. The smallest absolute Gasteiger partial charge is 0.326 e. The average molecular weight is 1050 g/mol. The molecule has 0 aromatic heterocycles. The van der Waals surface area contributed by atoms with Crippen LogP contribution in [0.4, 0.5) is 0 Å². The molecule has 74 heavy (non-hydrogen) atoms. The van der Waals surface area contributed by atoms with Gasteiger partial charge in [0.15, 0.2) is 11.9 Å². The Balaban J connectivity index is 3.14. The van der Waals surface area contributed by atoms with Crippen LogP contribution in [0.5, 0.6) is 5.75 Å². The lowest BCUT2D eigenvalue weighted by Crippen LogP contribution is -2.61. The van der Waals surface area contributed by atoms with Crippen molar-refractivity contribution < 1.29 is 68.4 Å². The van der Waals surface area contributed by atoms with Crippen molar-refractivity contribution in [3.63, 3.8) is 0 Å². The number of aromatic hydroxyl groups is 1. The van der Waals surface area contributed by atoms with Gasteiger partial charge in [-0.2, -0.15) is 0 Å². The zero-order chi connectivity index (χ0) is 56.4. The van der Waals surface area contributed by atoms with Crippen molar-refractivity contribution in [2.45, 2.75) is 140 Å². The average Bonchev–Trinajstić information content (AvgIpc) is 3.30. The van der Waals surface area contributed by atoms with Crippen LogP contribution in [0.2, 0.25) is 0 Å². The first-order valence-corrected chi connectivity index (χ1v) is 23.4. The van der Waals surface area contributed by atoms with E-state index >= 15 is 0 Å². The van der Waals surface area contributed by atoms with Crippen LogP contribution in [0, 0.1) is 5.92 Å². The van der Waals surface area contributed by atoms with Gasteiger partial charge < -0.3 is 97.4 Å². The fourth-order valence-corrected chi connectivity index (χ4v) is 6.69. The van der Waals surface area contributed by atoms with E-state index in [9.17, 15) is 68.4 Å². The Morgan fingerprint density at radius 3 is 1.53 bits per heavy atom. The normalized spacial score (nSPS) is 15.0. The lowest BCUT2D eigenvalue weighted by Gasteiger charge is -2.27.